The van der Waals surface area contributed by atoms with E-state index in [0.29, 0.717) is 12.4 Å². The molecule has 2 aromatic carbocycles. The van der Waals surface area contributed by atoms with Crippen molar-refractivity contribution < 1.29 is 4.79 Å². The zero-order valence-electron chi connectivity index (χ0n) is 14.9. The lowest BCUT2D eigenvalue weighted by atomic mass is 10.2. The lowest BCUT2D eigenvalue weighted by Gasteiger charge is -2.05. The summed E-state index contributed by atoms with van der Waals surface area (Å²) in [5.41, 5.74) is 1.77. The van der Waals surface area contributed by atoms with E-state index < -0.39 is 0 Å². The Hall–Kier alpha value is -2.99. The molecule has 0 saturated heterocycles. The zero-order valence-corrected chi connectivity index (χ0v) is 14.9. The maximum atomic E-state index is 12.4. The van der Waals surface area contributed by atoms with Gasteiger partial charge in [0, 0.05) is 18.7 Å². The third-order valence-corrected chi connectivity index (χ3v) is 3.86. The predicted octanol–water partition coefficient (Wildman–Crippen LogP) is 2.66. The van der Waals surface area contributed by atoms with Gasteiger partial charge >= 0.3 is 0 Å². The number of aromatic nitrogens is 3. The Morgan fingerprint density at radius 3 is 2.35 bits per heavy atom. The third kappa shape index (κ3) is 4.34. The fraction of sp³-hybridized carbons (Fsp3) is 0.250. The number of nitrogens with one attached hydrogen (secondary N) is 2. The van der Waals surface area contributed by atoms with E-state index >= 15 is 0 Å². The maximum Gasteiger partial charge on any atom is 0.291 e. The van der Waals surface area contributed by atoms with Crippen LogP contribution in [0.3, 0.4) is 0 Å². The van der Waals surface area contributed by atoms with Crippen molar-refractivity contribution in [1.82, 2.24) is 25.4 Å². The Labute approximate surface area is 153 Å². The highest BCUT2D eigenvalue weighted by Crippen LogP contribution is 2.20. The molecular weight excluding hydrogens is 326 g/mol. The minimum absolute atomic E-state index is 0.170. The van der Waals surface area contributed by atoms with Gasteiger partial charge in [-0.05, 0) is 25.1 Å². The van der Waals surface area contributed by atoms with Gasteiger partial charge in [0.05, 0.1) is 5.69 Å². The van der Waals surface area contributed by atoms with E-state index in [0.717, 1.165) is 30.8 Å². The summed E-state index contributed by atoms with van der Waals surface area (Å²) >= 11 is 0. The fourth-order valence-corrected chi connectivity index (χ4v) is 2.58. The number of carbonyl (C=O) groups excluding carboxylic acids is 1. The quantitative estimate of drug-likeness (QED) is 0.613. The minimum Gasteiger partial charge on any atom is -0.348 e. The standard InChI is InChI=1S/C20H23N5O/c1-2-13-21-14-15-22-20(26)18-23-19(16-9-5-3-6-10-16)25(24-18)17-11-7-4-8-12-17/h3-12,21H,2,13-15H2,1H3,(H,22,26). The molecule has 0 aliphatic heterocycles. The largest absolute Gasteiger partial charge is 0.348 e. The molecule has 1 aromatic heterocycles. The van der Waals surface area contributed by atoms with Crippen molar-refractivity contribution in [3.63, 3.8) is 0 Å². The van der Waals surface area contributed by atoms with Crippen LogP contribution >= 0.6 is 0 Å². The first kappa shape index (κ1) is 17.8. The molecule has 6 nitrogen and oxygen atoms in total. The van der Waals surface area contributed by atoms with E-state index in [1.54, 1.807) is 4.68 Å². The van der Waals surface area contributed by atoms with Gasteiger partial charge < -0.3 is 10.6 Å². The van der Waals surface area contributed by atoms with E-state index in [4.69, 9.17) is 0 Å². The second-order valence-corrected chi connectivity index (χ2v) is 5.88. The lowest BCUT2D eigenvalue weighted by molar-refractivity contribution is 0.0943. The smallest absolute Gasteiger partial charge is 0.291 e. The van der Waals surface area contributed by atoms with Crippen molar-refractivity contribution in [3.05, 3.63) is 66.5 Å². The monoisotopic (exact) mass is 349 g/mol. The van der Waals surface area contributed by atoms with Gasteiger partial charge in [-0.1, -0.05) is 55.5 Å². The van der Waals surface area contributed by atoms with E-state index in [9.17, 15) is 4.79 Å². The zero-order chi connectivity index (χ0) is 18.2. The summed E-state index contributed by atoms with van der Waals surface area (Å²) in [6, 6.07) is 19.4. The summed E-state index contributed by atoms with van der Waals surface area (Å²) in [7, 11) is 0. The molecule has 1 heterocycles. The molecule has 3 rings (SSSR count). The van der Waals surface area contributed by atoms with Crippen LogP contribution in [0.15, 0.2) is 60.7 Å². The van der Waals surface area contributed by atoms with Gasteiger partial charge in [0.1, 0.15) is 0 Å². The molecule has 0 fully saturated rings. The number of nitrogens with zero attached hydrogens (tertiary/aromatic N) is 3. The Kier molecular flexibility index (Phi) is 6.11. The highest BCUT2D eigenvalue weighted by molar-refractivity contribution is 5.91. The number of amides is 1. The van der Waals surface area contributed by atoms with Crippen LogP contribution in [0, 0.1) is 0 Å². The molecule has 1 amide bonds. The number of benzene rings is 2. The third-order valence-electron chi connectivity index (χ3n) is 3.86. The molecule has 0 bridgehead atoms. The number of para-hydroxylation sites is 1. The first-order valence-corrected chi connectivity index (χ1v) is 8.86. The number of hydrogen-bond donors (Lipinski definition) is 2. The average molecular weight is 349 g/mol. The first-order chi connectivity index (χ1) is 12.8. The molecule has 134 valence electrons. The van der Waals surface area contributed by atoms with Crippen LogP contribution in [0.1, 0.15) is 24.0 Å². The molecule has 3 aromatic rings. The number of hydrogen-bond acceptors (Lipinski definition) is 4. The van der Waals surface area contributed by atoms with Crippen LogP contribution < -0.4 is 10.6 Å². The van der Waals surface area contributed by atoms with Crippen molar-refractivity contribution in [3.8, 4) is 17.1 Å². The van der Waals surface area contributed by atoms with Crippen molar-refractivity contribution in [2.24, 2.45) is 0 Å². The summed E-state index contributed by atoms with van der Waals surface area (Å²) in [4.78, 5) is 16.9. The van der Waals surface area contributed by atoms with Gasteiger partial charge in [0.2, 0.25) is 5.82 Å². The number of rotatable bonds is 8. The molecule has 6 heteroatoms. The fourth-order valence-electron chi connectivity index (χ4n) is 2.58. The van der Waals surface area contributed by atoms with E-state index in [2.05, 4.69) is 27.6 Å². The lowest BCUT2D eigenvalue weighted by Crippen LogP contribution is -2.32. The molecule has 0 radical (unpaired) electrons. The highest BCUT2D eigenvalue weighted by atomic mass is 16.2. The van der Waals surface area contributed by atoms with Crippen molar-refractivity contribution in [1.29, 1.82) is 0 Å². The van der Waals surface area contributed by atoms with Gasteiger partial charge in [-0.2, -0.15) is 0 Å². The first-order valence-electron chi connectivity index (χ1n) is 8.86. The molecule has 0 aliphatic rings. The maximum absolute atomic E-state index is 12.4. The second-order valence-electron chi connectivity index (χ2n) is 5.88. The van der Waals surface area contributed by atoms with Crippen LogP contribution in [0.2, 0.25) is 0 Å². The SMILES string of the molecule is CCCNCCNC(=O)c1nc(-c2ccccc2)n(-c2ccccc2)n1. The Bertz CT molecular complexity index is 773. The number of carbonyl (C=O) groups is 1. The molecule has 0 aliphatic carbocycles. The average Bonchev–Trinajstić information content (AvgIpc) is 3.15. The van der Waals surface area contributed by atoms with Crippen LogP contribution in [-0.4, -0.2) is 40.3 Å². The Balaban J connectivity index is 1.84. The van der Waals surface area contributed by atoms with Crippen molar-refractivity contribution >= 4 is 5.91 Å². The van der Waals surface area contributed by atoms with E-state index in [1.165, 1.54) is 0 Å². The predicted molar refractivity (Wildman–Crippen MR) is 102 cm³/mol. The van der Waals surface area contributed by atoms with Gasteiger partial charge in [-0.15, -0.1) is 5.10 Å². The highest BCUT2D eigenvalue weighted by Gasteiger charge is 2.18. The Morgan fingerprint density at radius 2 is 1.65 bits per heavy atom. The van der Waals surface area contributed by atoms with Crippen LogP contribution in [0.5, 0.6) is 0 Å². The van der Waals surface area contributed by atoms with Crippen LogP contribution in [-0.2, 0) is 0 Å². The minimum atomic E-state index is -0.268. The summed E-state index contributed by atoms with van der Waals surface area (Å²) in [6.45, 7) is 4.32. The van der Waals surface area contributed by atoms with E-state index in [-0.39, 0.29) is 11.7 Å². The van der Waals surface area contributed by atoms with Crippen molar-refractivity contribution in [2.45, 2.75) is 13.3 Å². The van der Waals surface area contributed by atoms with Gasteiger partial charge in [0.25, 0.3) is 5.91 Å². The molecule has 2 N–H and O–H groups in total. The molecule has 0 spiro atoms. The Morgan fingerprint density at radius 1 is 0.962 bits per heavy atom. The summed E-state index contributed by atoms with van der Waals surface area (Å²) in [6.07, 6.45) is 1.07. The topological polar surface area (TPSA) is 71.8 Å². The van der Waals surface area contributed by atoms with Gasteiger partial charge in [-0.3, -0.25) is 4.79 Å². The van der Waals surface area contributed by atoms with Crippen LogP contribution in [0.4, 0.5) is 0 Å². The second kappa shape index (κ2) is 8.92. The molecule has 0 saturated carbocycles. The van der Waals surface area contributed by atoms with E-state index in [1.807, 2.05) is 60.7 Å². The van der Waals surface area contributed by atoms with Gasteiger partial charge in [-0.25, -0.2) is 9.67 Å². The summed E-state index contributed by atoms with van der Waals surface area (Å²) < 4.78 is 1.71. The summed E-state index contributed by atoms with van der Waals surface area (Å²) in [5, 5.41) is 10.6. The normalized spacial score (nSPS) is 10.7. The molecule has 0 unspecified atom stereocenters. The summed E-state index contributed by atoms with van der Waals surface area (Å²) in [5.74, 6) is 0.546. The molecule has 26 heavy (non-hydrogen) atoms. The van der Waals surface area contributed by atoms with Crippen molar-refractivity contribution in [2.75, 3.05) is 19.6 Å². The van der Waals surface area contributed by atoms with Crippen LogP contribution in [0.25, 0.3) is 17.1 Å². The molecule has 0 atom stereocenters. The molecular formula is C20H23N5O. The van der Waals surface area contributed by atoms with Gasteiger partial charge in [0.15, 0.2) is 5.82 Å².